The molecule has 0 N–H and O–H groups in total. The lowest BCUT2D eigenvalue weighted by molar-refractivity contribution is -0.140. The quantitative estimate of drug-likeness (QED) is 0.727. The van der Waals surface area contributed by atoms with E-state index in [1.165, 1.54) is 6.92 Å². The fourth-order valence-electron chi connectivity index (χ4n) is 1.11. The van der Waals surface area contributed by atoms with Gasteiger partial charge in [0.15, 0.2) is 0 Å². The van der Waals surface area contributed by atoms with Crippen molar-refractivity contribution in [1.82, 2.24) is 0 Å². The summed E-state index contributed by atoms with van der Waals surface area (Å²) in [6.07, 6.45) is -0.114. The largest absolute Gasteiger partial charge is 0.466 e. The van der Waals surface area contributed by atoms with Gasteiger partial charge in [0.2, 0.25) is 0 Å². The highest BCUT2D eigenvalue weighted by atomic mass is 19.1. The predicted molar refractivity (Wildman–Crippen MR) is 46.7 cm³/mol. The van der Waals surface area contributed by atoms with Crippen molar-refractivity contribution >= 4 is 5.97 Å². The van der Waals surface area contributed by atoms with Gasteiger partial charge in [-0.15, -0.1) is 0 Å². The molecule has 0 heterocycles. The predicted octanol–water partition coefficient (Wildman–Crippen LogP) is 2.21. The minimum Gasteiger partial charge on any atom is -0.466 e. The van der Waals surface area contributed by atoms with Crippen LogP contribution in [0.5, 0.6) is 0 Å². The van der Waals surface area contributed by atoms with E-state index in [-0.39, 0.29) is 18.6 Å². The maximum absolute atomic E-state index is 13.0. The molecule has 0 bridgehead atoms. The summed E-state index contributed by atoms with van der Waals surface area (Å²) in [7, 11) is 0. The first kappa shape index (κ1) is 11.6. The number of rotatable bonds is 3. The molecule has 0 aliphatic rings. The number of halogens is 3. The number of carbonyl (C=O) groups excluding carboxylic acids is 1. The summed E-state index contributed by atoms with van der Waals surface area (Å²) in [4.78, 5) is 10.4. The summed E-state index contributed by atoms with van der Waals surface area (Å²) in [5.41, 5.74) is -0.280. The van der Waals surface area contributed by atoms with Crippen LogP contribution in [0.4, 0.5) is 13.2 Å². The molecule has 0 amide bonds. The molecule has 1 rings (SSSR count). The molecule has 1 aromatic rings. The average molecular weight is 218 g/mol. The van der Waals surface area contributed by atoms with Gasteiger partial charge in [-0.05, 0) is 0 Å². The van der Waals surface area contributed by atoms with Crippen LogP contribution in [-0.2, 0) is 16.0 Å². The van der Waals surface area contributed by atoms with Crippen LogP contribution in [-0.4, -0.2) is 12.6 Å². The highest BCUT2D eigenvalue weighted by molar-refractivity contribution is 5.65. The summed E-state index contributed by atoms with van der Waals surface area (Å²) >= 11 is 0. The number of esters is 1. The van der Waals surface area contributed by atoms with Crippen LogP contribution in [0.2, 0.25) is 0 Å². The van der Waals surface area contributed by atoms with E-state index in [1.807, 2.05) is 0 Å². The summed E-state index contributed by atoms with van der Waals surface area (Å²) in [5.74, 6) is -3.45. The zero-order valence-corrected chi connectivity index (χ0v) is 8.02. The molecule has 0 fully saturated rings. The first-order chi connectivity index (χ1) is 7.00. The first-order valence-electron chi connectivity index (χ1n) is 4.27. The normalized spacial score (nSPS) is 10.1. The maximum Gasteiger partial charge on any atom is 0.302 e. The summed E-state index contributed by atoms with van der Waals surface area (Å²) < 4.78 is 43.0. The van der Waals surface area contributed by atoms with Crippen molar-refractivity contribution < 1.29 is 22.7 Å². The molecular formula is C10H9F3O2. The van der Waals surface area contributed by atoms with E-state index < -0.39 is 23.4 Å². The number of ether oxygens (including phenoxy) is 1. The zero-order chi connectivity index (χ0) is 11.4. The second-order valence-electron chi connectivity index (χ2n) is 2.94. The minimum absolute atomic E-state index is 0.114. The van der Waals surface area contributed by atoms with Crippen molar-refractivity contribution in [2.75, 3.05) is 6.61 Å². The topological polar surface area (TPSA) is 26.3 Å². The molecule has 1 aromatic carbocycles. The van der Waals surface area contributed by atoms with Crippen molar-refractivity contribution in [1.29, 1.82) is 0 Å². The van der Waals surface area contributed by atoms with Crippen LogP contribution in [0.3, 0.4) is 0 Å². The molecule has 0 spiro atoms. The third-order valence-corrected chi connectivity index (χ3v) is 1.76. The van der Waals surface area contributed by atoms with E-state index >= 15 is 0 Å². The molecule has 5 heteroatoms. The lowest BCUT2D eigenvalue weighted by Gasteiger charge is -2.05. The third-order valence-electron chi connectivity index (χ3n) is 1.76. The molecule has 82 valence electrons. The molecule has 0 unspecified atom stereocenters. The van der Waals surface area contributed by atoms with Gasteiger partial charge in [0.05, 0.1) is 6.61 Å². The molecule has 0 aliphatic heterocycles. The Morgan fingerprint density at radius 2 is 1.80 bits per heavy atom. The zero-order valence-electron chi connectivity index (χ0n) is 8.02. The maximum atomic E-state index is 13.0. The monoisotopic (exact) mass is 218 g/mol. The average Bonchev–Trinajstić information content (AvgIpc) is 2.08. The van der Waals surface area contributed by atoms with Gasteiger partial charge in [-0.1, -0.05) is 0 Å². The Balaban J connectivity index is 2.72. The number of carbonyl (C=O) groups is 1. The molecular weight excluding hydrogens is 209 g/mol. The third kappa shape index (κ3) is 3.27. The molecule has 15 heavy (non-hydrogen) atoms. The first-order valence-corrected chi connectivity index (χ1v) is 4.27. The van der Waals surface area contributed by atoms with Crippen LogP contribution in [0, 0.1) is 17.5 Å². The van der Waals surface area contributed by atoms with Crippen molar-refractivity contribution in [3.05, 3.63) is 35.1 Å². The van der Waals surface area contributed by atoms with E-state index in [1.54, 1.807) is 0 Å². The summed E-state index contributed by atoms with van der Waals surface area (Å²) in [6.45, 7) is 1.06. The Hall–Kier alpha value is -1.52. The van der Waals surface area contributed by atoms with Crippen molar-refractivity contribution in [2.24, 2.45) is 0 Å². The number of hydrogen-bond donors (Lipinski definition) is 0. The van der Waals surface area contributed by atoms with Gasteiger partial charge in [0, 0.05) is 31.0 Å². The van der Waals surface area contributed by atoms with Gasteiger partial charge in [0.25, 0.3) is 0 Å². The lowest BCUT2D eigenvalue weighted by atomic mass is 10.1. The van der Waals surface area contributed by atoms with Crippen LogP contribution in [0.15, 0.2) is 12.1 Å². The molecule has 0 saturated carbocycles. The molecule has 0 saturated heterocycles. The van der Waals surface area contributed by atoms with Gasteiger partial charge >= 0.3 is 5.97 Å². The highest BCUT2D eigenvalue weighted by Crippen LogP contribution is 2.15. The van der Waals surface area contributed by atoms with Gasteiger partial charge in [-0.25, -0.2) is 13.2 Å². The Bertz CT molecular complexity index is 354. The van der Waals surface area contributed by atoms with Crippen LogP contribution in [0.1, 0.15) is 12.5 Å². The molecule has 0 atom stereocenters. The lowest BCUT2D eigenvalue weighted by Crippen LogP contribution is -2.06. The van der Waals surface area contributed by atoms with Gasteiger partial charge in [0.1, 0.15) is 17.5 Å². The number of benzene rings is 1. The van der Waals surface area contributed by atoms with E-state index in [4.69, 9.17) is 0 Å². The smallest absolute Gasteiger partial charge is 0.302 e. The summed E-state index contributed by atoms with van der Waals surface area (Å²) in [6, 6.07) is 1.18. The van der Waals surface area contributed by atoms with Gasteiger partial charge in [-0.3, -0.25) is 4.79 Å². The Labute approximate surface area is 84.7 Å². The second-order valence-corrected chi connectivity index (χ2v) is 2.94. The van der Waals surface area contributed by atoms with E-state index in [2.05, 4.69) is 4.74 Å². The van der Waals surface area contributed by atoms with Crippen LogP contribution >= 0.6 is 0 Å². The van der Waals surface area contributed by atoms with E-state index in [9.17, 15) is 18.0 Å². The Morgan fingerprint density at radius 3 is 2.27 bits per heavy atom. The Kier molecular flexibility index (Phi) is 3.71. The van der Waals surface area contributed by atoms with Gasteiger partial charge in [-0.2, -0.15) is 0 Å². The highest BCUT2D eigenvalue weighted by Gasteiger charge is 2.11. The molecule has 0 aromatic heterocycles. The fraction of sp³-hybridized carbons (Fsp3) is 0.300. The second kappa shape index (κ2) is 4.82. The van der Waals surface area contributed by atoms with Gasteiger partial charge < -0.3 is 4.74 Å². The molecule has 0 aliphatic carbocycles. The number of hydrogen-bond acceptors (Lipinski definition) is 2. The molecule has 2 nitrogen and oxygen atoms in total. The minimum atomic E-state index is -0.973. The molecule has 0 radical (unpaired) electrons. The standard InChI is InChI=1S/C10H9F3O2/c1-6(14)15-3-2-8-9(12)4-7(11)5-10(8)13/h4-5H,2-3H2,1H3. The van der Waals surface area contributed by atoms with Crippen LogP contribution in [0.25, 0.3) is 0 Å². The van der Waals surface area contributed by atoms with E-state index in [0.717, 1.165) is 0 Å². The van der Waals surface area contributed by atoms with Crippen molar-refractivity contribution in [3.8, 4) is 0 Å². The van der Waals surface area contributed by atoms with Crippen LogP contribution < -0.4 is 0 Å². The van der Waals surface area contributed by atoms with Crippen molar-refractivity contribution in [2.45, 2.75) is 13.3 Å². The fourth-order valence-corrected chi connectivity index (χ4v) is 1.11. The SMILES string of the molecule is CC(=O)OCCc1c(F)cc(F)cc1F. The van der Waals surface area contributed by atoms with E-state index in [0.29, 0.717) is 12.1 Å². The van der Waals surface area contributed by atoms with Crippen molar-refractivity contribution in [3.63, 3.8) is 0 Å². The Morgan fingerprint density at radius 1 is 1.27 bits per heavy atom. The summed E-state index contributed by atoms with van der Waals surface area (Å²) in [5, 5.41) is 0.